The van der Waals surface area contributed by atoms with Gasteiger partial charge in [-0.1, -0.05) is 19.3 Å². The first-order valence-electron chi connectivity index (χ1n) is 4.86. The van der Waals surface area contributed by atoms with Crippen molar-refractivity contribution in [1.29, 1.82) is 0 Å². The van der Waals surface area contributed by atoms with Crippen LogP contribution in [0.5, 0.6) is 0 Å². The number of carbonyl (C=O) groups is 1. The lowest BCUT2D eigenvalue weighted by molar-refractivity contribution is 0.109. The van der Waals surface area contributed by atoms with Gasteiger partial charge in [0.05, 0.1) is 5.54 Å². The van der Waals surface area contributed by atoms with Crippen molar-refractivity contribution in [2.75, 3.05) is 13.6 Å². The van der Waals surface area contributed by atoms with Crippen LogP contribution in [0.3, 0.4) is 0 Å². The summed E-state index contributed by atoms with van der Waals surface area (Å²) in [6, 6.07) is -0.368. The fourth-order valence-electron chi connectivity index (χ4n) is 2.12. The predicted molar refractivity (Wildman–Crippen MR) is 52.2 cm³/mol. The topological polar surface area (TPSA) is 72.3 Å². The van der Waals surface area contributed by atoms with Crippen LogP contribution in [0.1, 0.15) is 32.1 Å². The van der Waals surface area contributed by atoms with Crippen molar-refractivity contribution in [3.63, 3.8) is 0 Å². The number of hydrogen-bond acceptors (Lipinski definition) is 2. The molecular weight excluding hydrogens is 166 g/mol. The summed E-state index contributed by atoms with van der Waals surface area (Å²) in [6.07, 6.45) is 5.52. The number of urea groups is 1. The molecule has 1 saturated carbocycles. The first-order valence-corrected chi connectivity index (χ1v) is 4.86. The second-order valence-electron chi connectivity index (χ2n) is 3.89. The zero-order valence-corrected chi connectivity index (χ0v) is 8.25. The second kappa shape index (κ2) is 3.96. The number of hydrogen-bond donors (Lipinski definition) is 2. The van der Waals surface area contributed by atoms with Crippen molar-refractivity contribution < 1.29 is 4.79 Å². The smallest absolute Gasteiger partial charge is 0.315 e. The van der Waals surface area contributed by atoms with Crippen molar-refractivity contribution in [2.45, 2.75) is 37.6 Å². The van der Waals surface area contributed by atoms with Crippen LogP contribution in [0.2, 0.25) is 0 Å². The summed E-state index contributed by atoms with van der Waals surface area (Å²) in [5, 5.41) is 0. The van der Waals surface area contributed by atoms with E-state index in [0.717, 1.165) is 25.7 Å². The van der Waals surface area contributed by atoms with E-state index in [9.17, 15) is 4.79 Å². The van der Waals surface area contributed by atoms with E-state index in [1.54, 1.807) is 11.9 Å². The van der Waals surface area contributed by atoms with E-state index < -0.39 is 0 Å². The molecule has 13 heavy (non-hydrogen) atoms. The van der Waals surface area contributed by atoms with E-state index >= 15 is 0 Å². The Bertz CT molecular complexity index is 187. The molecule has 0 spiro atoms. The van der Waals surface area contributed by atoms with Gasteiger partial charge >= 0.3 is 6.03 Å². The molecule has 0 heterocycles. The van der Waals surface area contributed by atoms with Gasteiger partial charge in [0.1, 0.15) is 0 Å². The Morgan fingerprint density at radius 2 is 1.92 bits per heavy atom. The normalized spacial score (nSPS) is 21.1. The van der Waals surface area contributed by atoms with Crippen molar-refractivity contribution in [3.05, 3.63) is 0 Å². The maximum absolute atomic E-state index is 11.1. The summed E-state index contributed by atoms with van der Waals surface area (Å²) in [5.41, 5.74) is 10.8. The standard InChI is InChI=1S/C9H19N3O/c1-12(8(11)13)9(7-10)5-3-2-4-6-9/h2-7,10H2,1H3,(H2,11,13). The molecule has 0 bridgehead atoms. The molecule has 0 atom stereocenters. The average Bonchev–Trinajstić information content (AvgIpc) is 2.17. The summed E-state index contributed by atoms with van der Waals surface area (Å²) < 4.78 is 0. The summed E-state index contributed by atoms with van der Waals surface area (Å²) in [4.78, 5) is 12.7. The molecule has 1 fully saturated rings. The predicted octanol–water partition coefficient (Wildman–Crippen LogP) is 0.658. The van der Waals surface area contributed by atoms with Crippen molar-refractivity contribution in [1.82, 2.24) is 4.90 Å². The van der Waals surface area contributed by atoms with E-state index in [2.05, 4.69) is 0 Å². The maximum atomic E-state index is 11.1. The number of primary amides is 1. The zero-order chi connectivity index (χ0) is 9.90. The molecule has 4 heteroatoms. The van der Waals surface area contributed by atoms with Gasteiger partial charge in [0.25, 0.3) is 0 Å². The summed E-state index contributed by atoms with van der Waals surface area (Å²) in [7, 11) is 1.75. The number of nitrogens with two attached hydrogens (primary N) is 2. The van der Waals surface area contributed by atoms with Crippen LogP contribution in [0.4, 0.5) is 4.79 Å². The Balaban J connectivity index is 2.72. The van der Waals surface area contributed by atoms with E-state index in [-0.39, 0.29) is 11.6 Å². The number of nitrogens with zero attached hydrogens (tertiary/aromatic N) is 1. The lowest BCUT2D eigenvalue weighted by Gasteiger charge is -2.43. The first-order chi connectivity index (χ1) is 6.12. The molecular formula is C9H19N3O. The van der Waals surface area contributed by atoms with E-state index in [1.807, 2.05) is 0 Å². The molecule has 1 rings (SSSR count). The molecule has 76 valence electrons. The monoisotopic (exact) mass is 185 g/mol. The molecule has 4 nitrogen and oxygen atoms in total. The lowest BCUT2D eigenvalue weighted by Crippen LogP contribution is -2.57. The third-order valence-electron chi connectivity index (χ3n) is 3.21. The van der Waals surface area contributed by atoms with Crippen LogP contribution < -0.4 is 11.5 Å². The van der Waals surface area contributed by atoms with E-state index in [0.29, 0.717) is 6.54 Å². The molecule has 1 aliphatic carbocycles. The highest BCUT2D eigenvalue weighted by Gasteiger charge is 2.36. The van der Waals surface area contributed by atoms with Gasteiger partial charge in [-0.05, 0) is 12.8 Å². The minimum Gasteiger partial charge on any atom is -0.351 e. The molecule has 0 aromatic rings. The first kappa shape index (κ1) is 10.3. The average molecular weight is 185 g/mol. The second-order valence-corrected chi connectivity index (χ2v) is 3.89. The van der Waals surface area contributed by atoms with Crippen molar-refractivity contribution >= 4 is 6.03 Å². The molecule has 4 N–H and O–H groups in total. The third-order valence-corrected chi connectivity index (χ3v) is 3.21. The molecule has 2 amide bonds. The number of rotatable bonds is 2. The fourth-order valence-corrected chi connectivity index (χ4v) is 2.12. The Morgan fingerprint density at radius 3 is 2.31 bits per heavy atom. The van der Waals surface area contributed by atoms with Gasteiger partial charge in [-0.25, -0.2) is 4.79 Å². The number of likely N-dealkylation sites (N-methyl/N-ethyl adjacent to an activating group) is 1. The Hall–Kier alpha value is -0.770. The maximum Gasteiger partial charge on any atom is 0.315 e. The van der Waals surface area contributed by atoms with Crippen LogP contribution in [-0.4, -0.2) is 30.1 Å². The lowest BCUT2D eigenvalue weighted by atomic mass is 9.80. The van der Waals surface area contributed by atoms with Crippen LogP contribution >= 0.6 is 0 Å². The molecule has 0 saturated heterocycles. The largest absolute Gasteiger partial charge is 0.351 e. The van der Waals surface area contributed by atoms with Crippen molar-refractivity contribution in [2.24, 2.45) is 11.5 Å². The highest BCUT2D eigenvalue weighted by atomic mass is 16.2. The summed E-state index contributed by atoms with van der Waals surface area (Å²) in [5.74, 6) is 0. The Morgan fingerprint density at radius 1 is 1.38 bits per heavy atom. The molecule has 0 aliphatic heterocycles. The van der Waals surface area contributed by atoms with Gasteiger partial charge in [-0.3, -0.25) is 0 Å². The molecule has 0 aromatic heterocycles. The van der Waals surface area contributed by atoms with Gasteiger partial charge in [-0.2, -0.15) is 0 Å². The molecule has 0 radical (unpaired) electrons. The number of carbonyl (C=O) groups excluding carboxylic acids is 1. The summed E-state index contributed by atoms with van der Waals surface area (Å²) >= 11 is 0. The van der Waals surface area contributed by atoms with Gasteiger partial charge in [0.15, 0.2) is 0 Å². The molecule has 0 unspecified atom stereocenters. The highest BCUT2D eigenvalue weighted by molar-refractivity contribution is 5.72. The van der Waals surface area contributed by atoms with Crippen LogP contribution in [0, 0.1) is 0 Å². The van der Waals surface area contributed by atoms with Gasteiger partial charge in [0, 0.05) is 13.6 Å². The zero-order valence-electron chi connectivity index (χ0n) is 8.25. The highest BCUT2D eigenvalue weighted by Crippen LogP contribution is 2.31. The summed E-state index contributed by atoms with van der Waals surface area (Å²) in [6.45, 7) is 0.520. The van der Waals surface area contributed by atoms with Gasteiger partial charge in [-0.15, -0.1) is 0 Å². The van der Waals surface area contributed by atoms with Gasteiger partial charge in [0.2, 0.25) is 0 Å². The van der Waals surface area contributed by atoms with Gasteiger partial charge < -0.3 is 16.4 Å². The SMILES string of the molecule is CN(C(N)=O)C1(CN)CCCCC1. The Kier molecular flexibility index (Phi) is 3.14. The minimum absolute atomic E-state index is 0.163. The number of amides is 2. The Labute approximate surface area is 79.3 Å². The van der Waals surface area contributed by atoms with Crippen LogP contribution in [-0.2, 0) is 0 Å². The van der Waals surface area contributed by atoms with Crippen molar-refractivity contribution in [3.8, 4) is 0 Å². The van der Waals surface area contributed by atoms with Crippen LogP contribution in [0.15, 0.2) is 0 Å². The van der Waals surface area contributed by atoms with E-state index in [1.165, 1.54) is 6.42 Å². The minimum atomic E-state index is -0.368. The third kappa shape index (κ3) is 1.94. The quantitative estimate of drug-likeness (QED) is 0.663. The van der Waals surface area contributed by atoms with Crippen LogP contribution in [0.25, 0.3) is 0 Å². The van der Waals surface area contributed by atoms with E-state index in [4.69, 9.17) is 11.5 Å². The fraction of sp³-hybridized carbons (Fsp3) is 0.889. The molecule has 0 aromatic carbocycles. The molecule has 1 aliphatic rings.